The van der Waals surface area contributed by atoms with Gasteiger partial charge in [-0.1, -0.05) is 35.3 Å². The summed E-state index contributed by atoms with van der Waals surface area (Å²) in [5.74, 6) is 0.558. The maximum absolute atomic E-state index is 12.4. The fourth-order valence-electron chi connectivity index (χ4n) is 2.72. The number of anilines is 1. The van der Waals surface area contributed by atoms with E-state index in [1.54, 1.807) is 17.8 Å². The van der Waals surface area contributed by atoms with E-state index in [2.05, 4.69) is 6.07 Å². The van der Waals surface area contributed by atoms with Crippen LogP contribution in [0.15, 0.2) is 36.4 Å². The largest absolute Gasteiger partial charge is 0.295 e. The molecule has 0 saturated carbocycles. The van der Waals surface area contributed by atoms with Crippen molar-refractivity contribution in [2.24, 2.45) is 0 Å². The Bertz CT molecular complexity index is 727. The zero-order valence-electron chi connectivity index (χ0n) is 12.3. The number of aryl methyl sites for hydroxylation is 2. The molecule has 2 nitrogen and oxygen atoms in total. The van der Waals surface area contributed by atoms with Crippen LogP contribution in [0, 0.1) is 13.8 Å². The van der Waals surface area contributed by atoms with Gasteiger partial charge in [0.2, 0.25) is 5.91 Å². The first-order valence-corrected chi connectivity index (χ1v) is 8.73. The standard InChI is InChI=1S/C17H15Cl2NOS/c1-10-5-11(2)7-13(6-10)20-16(21)9-22-17(20)14-4-3-12(18)8-15(14)19/h3-8,17H,9H2,1-2H3/t17-/m0/s1. The van der Waals surface area contributed by atoms with E-state index in [-0.39, 0.29) is 11.3 Å². The highest BCUT2D eigenvalue weighted by Crippen LogP contribution is 2.44. The first-order chi connectivity index (χ1) is 10.5. The quantitative estimate of drug-likeness (QED) is 0.722. The molecular formula is C17H15Cl2NOS. The molecule has 0 aliphatic carbocycles. The SMILES string of the molecule is Cc1cc(C)cc(N2C(=O)CS[C@H]2c2ccc(Cl)cc2Cl)c1. The van der Waals surface area contributed by atoms with E-state index in [1.807, 2.05) is 43.0 Å². The molecule has 5 heteroatoms. The zero-order valence-corrected chi connectivity index (χ0v) is 14.6. The van der Waals surface area contributed by atoms with Crippen LogP contribution in [0.3, 0.4) is 0 Å². The predicted molar refractivity (Wildman–Crippen MR) is 95.1 cm³/mol. The van der Waals surface area contributed by atoms with Crippen LogP contribution in [0.4, 0.5) is 5.69 Å². The molecule has 1 saturated heterocycles. The van der Waals surface area contributed by atoms with Crippen LogP contribution in [-0.2, 0) is 4.79 Å². The third-order valence-corrected chi connectivity index (χ3v) is 5.34. The normalized spacial score (nSPS) is 18.1. The molecule has 0 spiro atoms. The minimum Gasteiger partial charge on any atom is -0.295 e. The van der Waals surface area contributed by atoms with Crippen LogP contribution >= 0.6 is 35.0 Å². The van der Waals surface area contributed by atoms with Crippen LogP contribution in [0.2, 0.25) is 10.0 Å². The second-order valence-corrected chi connectivity index (χ2v) is 7.35. The Balaban J connectivity index is 2.05. The van der Waals surface area contributed by atoms with Crippen LogP contribution in [-0.4, -0.2) is 11.7 Å². The molecule has 1 aliphatic rings. The minimum absolute atomic E-state index is 0.103. The lowest BCUT2D eigenvalue weighted by atomic mass is 10.1. The van der Waals surface area contributed by atoms with Crippen molar-refractivity contribution in [3.63, 3.8) is 0 Å². The van der Waals surface area contributed by atoms with Crippen LogP contribution < -0.4 is 4.90 Å². The number of carbonyl (C=O) groups is 1. The highest BCUT2D eigenvalue weighted by atomic mass is 35.5. The molecule has 3 rings (SSSR count). The molecule has 0 bridgehead atoms. The lowest BCUT2D eigenvalue weighted by Crippen LogP contribution is -2.28. The fraction of sp³-hybridized carbons (Fsp3) is 0.235. The molecule has 1 heterocycles. The summed E-state index contributed by atoms with van der Waals surface area (Å²) in [5.41, 5.74) is 4.12. The average molecular weight is 352 g/mol. The predicted octanol–water partition coefficient (Wildman–Crippen LogP) is 5.39. The van der Waals surface area contributed by atoms with Crippen molar-refractivity contribution >= 4 is 46.6 Å². The summed E-state index contributed by atoms with van der Waals surface area (Å²) in [6.45, 7) is 4.07. The van der Waals surface area contributed by atoms with Gasteiger partial charge in [0.1, 0.15) is 5.37 Å². The number of hydrogen-bond donors (Lipinski definition) is 0. The molecule has 0 aromatic heterocycles. The monoisotopic (exact) mass is 351 g/mol. The highest BCUT2D eigenvalue weighted by molar-refractivity contribution is 8.00. The summed E-state index contributed by atoms with van der Waals surface area (Å²) in [5, 5.41) is 1.08. The van der Waals surface area contributed by atoms with Gasteiger partial charge in [-0.15, -0.1) is 11.8 Å². The van der Waals surface area contributed by atoms with E-state index < -0.39 is 0 Å². The van der Waals surface area contributed by atoms with Crippen LogP contribution in [0.25, 0.3) is 0 Å². The van der Waals surface area contributed by atoms with Gasteiger partial charge in [0.15, 0.2) is 0 Å². The molecule has 2 aromatic carbocycles. The molecule has 2 aromatic rings. The van der Waals surface area contributed by atoms with Gasteiger partial charge >= 0.3 is 0 Å². The van der Waals surface area contributed by atoms with E-state index in [0.29, 0.717) is 15.8 Å². The number of halogens is 2. The Morgan fingerprint density at radius 2 is 1.77 bits per heavy atom. The number of nitrogens with zero attached hydrogens (tertiary/aromatic N) is 1. The zero-order chi connectivity index (χ0) is 15.9. The Kier molecular flexibility index (Phi) is 4.40. The van der Waals surface area contributed by atoms with Crippen LogP contribution in [0.5, 0.6) is 0 Å². The smallest absolute Gasteiger partial charge is 0.238 e. The minimum atomic E-state index is -0.113. The van der Waals surface area contributed by atoms with Crippen molar-refractivity contribution in [3.8, 4) is 0 Å². The number of hydrogen-bond acceptors (Lipinski definition) is 2. The van der Waals surface area contributed by atoms with Crippen molar-refractivity contribution in [1.82, 2.24) is 0 Å². The van der Waals surface area contributed by atoms with Crippen LogP contribution in [0.1, 0.15) is 22.1 Å². The van der Waals surface area contributed by atoms with Gasteiger partial charge in [0, 0.05) is 21.3 Å². The van der Waals surface area contributed by atoms with Gasteiger partial charge in [0.05, 0.1) is 5.75 Å². The van der Waals surface area contributed by atoms with E-state index >= 15 is 0 Å². The van der Waals surface area contributed by atoms with E-state index in [1.165, 1.54) is 0 Å². The van der Waals surface area contributed by atoms with Gasteiger partial charge in [-0.05, 0) is 49.2 Å². The second-order valence-electron chi connectivity index (χ2n) is 5.44. The van der Waals surface area contributed by atoms with Gasteiger partial charge < -0.3 is 0 Å². The van der Waals surface area contributed by atoms with Crippen molar-refractivity contribution in [2.75, 3.05) is 10.7 Å². The van der Waals surface area contributed by atoms with Crippen molar-refractivity contribution in [3.05, 3.63) is 63.1 Å². The summed E-state index contributed by atoms with van der Waals surface area (Å²) in [6.07, 6.45) is 0. The molecule has 114 valence electrons. The topological polar surface area (TPSA) is 20.3 Å². The summed E-state index contributed by atoms with van der Waals surface area (Å²) in [4.78, 5) is 14.2. The fourth-order valence-corrected chi connectivity index (χ4v) is 4.51. The molecule has 0 radical (unpaired) electrons. The molecule has 1 atom stereocenters. The number of benzene rings is 2. The third kappa shape index (κ3) is 2.98. The van der Waals surface area contributed by atoms with Gasteiger partial charge in [-0.25, -0.2) is 0 Å². The molecule has 0 unspecified atom stereocenters. The first kappa shape index (κ1) is 15.7. The molecule has 1 amide bonds. The highest BCUT2D eigenvalue weighted by Gasteiger charge is 2.35. The number of rotatable bonds is 2. The van der Waals surface area contributed by atoms with E-state index in [4.69, 9.17) is 23.2 Å². The molecule has 1 aliphatic heterocycles. The summed E-state index contributed by atoms with van der Waals surface area (Å²) < 4.78 is 0. The Morgan fingerprint density at radius 1 is 1.09 bits per heavy atom. The molecule has 0 N–H and O–H groups in total. The van der Waals surface area contributed by atoms with Gasteiger partial charge in [-0.3, -0.25) is 9.69 Å². The maximum Gasteiger partial charge on any atom is 0.238 e. The van der Waals surface area contributed by atoms with Crippen molar-refractivity contribution in [2.45, 2.75) is 19.2 Å². The summed E-state index contributed by atoms with van der Waals surface area (Å²) >= 11 is 13.9. The van der Waals surface area contributed by atoms with Gasteiger partial charge in [-0.2, -0.15) is 0 Å². The van der Waals surface area contributed by atoms with E-state index in [0.717, 1.165) is 22.4 Å². The number of carbonyl (C=O) groups excluding carboxylic acids is 1. The second kappa shape index (κ2) is 6.15. The Morgan fingerprint density at radius 3 is 2.41 bits per heavy atom. The number of amides is 1. The lowest BCUT2D eigenvalue weighted by Gasteiger charge is -2.26. The first-order valence-electron chi connectivity index (χ1n) is 6.92. The average Bonchev–Trinajstić information content (AvgIpc) is 2.79. The Labute approximate surface area is 144 Å². The summed E-state index contributed by atoms with van der Waals surface area (Å²) in [6, 6.07) is 11.6. The van der Waals surface area contributed by atoms with E-state index in [9.17, 15) is 4.79 Å². The number of thioether (sulfide) groups is 1. The molecule has 22 heavy (non-hydrogen) atoms. The molecular weight excluding hydrogens is 337 g/mol. The summed E-state index contributed by atoms with van der Waals surface area (Å²) in [7, 11) is 0. The Hall–Kier alpha value is -1.16. The van der Waals surface area contributed by atoms with Crippen molar-refractivity contribution in [1.29, 1.82) is 0 Å². The molecule has 1 fully saturated rings. The third-order valence-electron chi connectivity index (χ3n) is 3.58. The van der Waals surface area contributed by atoms with Crippen molar-refractivity contribution < 1.29 is 4.79 Å². The van der Waals surface area contributed by atoms with Gasteiger partial charge in [0.25, 0.3) is 0 Å². The lowest BCUT2D eigenvalue weighted by molar-refractivity contribution is -0.115. The maximum atomic E-state index is 12.4.